The lowest BCUT2D eigenvalue weighted by atomic mass is 9.94. The first kappa shape index (κ1) is 10.8. The van der Waals surface area contributed by atoms with Gasteiger partial charge in [-0.1, -0.05) is 6.07 Å². The zero-order valence-electron chi connectivity index (χ0n) is 8.32. The summed E-state index contributed by atoms with van der Waals surface area (Å²) < 4.78 is 12.8. The minimum absolute atomic E-state index is 0.253. The van der Waals surface area contributed by atoms with Crippen molar-refractivity contribution in [3.8, 4) is 0 Å². The number of nitrogen functional groups attached to an aromatic ring is 1. The average Bonchev–Trinajstić information content (AvgIpc) is 2.69. The first-order chi connectivity index (χ1) is 7.18. The van der Waals surface area contributed by atoms with E-state index >= 15 is 0 Å². The van der Waals surface area contributed by atoms with Crippen LogP contribution in [-0.4, -0.2) is 16.6 Å². The van der Waals surface area contributed by atoms with Crippen LogP contribution in [-0.2, 0) is 0 Å². The maximum atomic E-state index is 12.8. The number of thioether (sulfide) groups is 1. The van der Waals surface area contributed by atoms with Crippen molar-refractivity contribution < 1.29 is 9.50 Å². The molecular formula is C11H14FNOS. The van der Waals surface area contributed by atoms with Gasteiger partial charge < -0.3 is 10.8 Å². The normalized spacial score (nSPS) is 22.9. The SMILES string of the molecule is Nc1cc(F)ccc1C(O)C1CCSC1. The van der Waals surface area contributed by atoms with Crippen LogP contribution >= 0.6 is 11.8 Å². The van der Waals surface area contributed by atoms with Gasteiger partial charge in [-0.3, -0.25) is 0 Å². The maximum Gasteiger partial charge on any atom is 0.125 e. The molecule has 0 spiro atoms. The Morgan fingerprint density at radius 1 is 1.53 bits per heavy atom. The quantitative estimate of drug-likeness (QED) is 0.761. The molecule has 15 heavy (non-hydrogen) atoms. The van der Waals surface area contributed by atoms with Crippen LogP contribution in [0.25, 0.3) is 0 Å². The molecule has 0 radical (unpaired) electrons. The standard InChI is InChI=1S/C11H14FNOS/c12-8-1-2-9(10(13)5-8)11(14)7-3-4-15-6-7/h1-2,5,7,11,14H,3-4,6,13H2. The van der Waals surface area contributed by atoms with Gasteiger partial charge in [0.25, 0.3) is 0 Å². The predicted octanol–water partition coefficient (Wildman–Crippen LogP) is 2.19. The number of hydrogen-bond acceptors (Lipinski definition) is 3. The molecule has 3 N–H and O–H groups in total. The van der Waals surface area contributed by atoms with Gasteiger partial charge in [0, 0.05) is 11.3 Å². The molecule has 2 rings (SSSR count). The van der Waals surface area contributed by atoms with E-state index in [4.69, 9.17) is 5.73 Å². The summed E-state index contributed by atoms with van der Waals surface area (Å²) in [5, 5.41) is 10.1. The second kappa shape index (κ2) is 4.41. The molecule has 1 aromatic carbocycles. The molecule has 0 bridgehead atoms. The van der Waals surface area contributed by atoms with Gasteiger partial charge in [-0.05, 0) is 36.0 Å². The number of aliphatic hydroxyl groups excluding tert-OH is 1. The first-order valence-corrected chi connectivity index (χ1v) is 6.14. The Morgan fingerprint density at radius 2 is 2.33 bits per heavy atom. The molecule has 4 heteroatoms. The number of hydrogen-bond donors (Lipinski definition) is 2. The van der Waals surface area contributed by atoms with Gasteiger partial charge in [0.15, 0.2) is 0 Å². The number of anilines is 1. The first-order valence-electron chi connectivity index (χ1n) is 4.99. The van der Waals surface area contributed by atoms with E-state index in [-0.39, 0.29) is 11.7 Å². The molecular weight excluding hydrogens is 213 g/mol. The summed E-state index contributed by atoms with van der Waals surface area (Å²) in [4.78, 5) is 0. The Hall–Kier alpha value is -0.740. The van der Waals surface area contributed by atoms with Crippen LogP contribution in [0.1, 0.15) is 18.1 Å². The summed E-state index contributed by atoms with van der Waals surface area (Å²) in [6.45, 7) is 0. The van der Waals surface area contributed by atoms with Crippen LogP contribution in [0.5, 0.6) is 0 Å². The number of rotatable bonds is 2. The molecule has 0 amide bonds. The van der Waals surface area contributed by atoms with Crippen LogP contribution in [0.4, 0.5) is 10.1 Å². The lowest BCUT2D eigenvalue weighted by Crippen LogP contribution is -2.13. The van der Waals surface area contributed by atoms with Crippen molar-refractivity contribution >= 4 is 17.4 Å². The van der Waals surface area contributed by atoms with E-state index < -0.39 is 6.10 Å². The third-order valence-electron chi connectivity index (χ3n) is 2.78. The second-order valence-electron chi connectivity index (χ2n) is 3.84. The van der Waals surface area contributed by atoms with Gasteiger partial charge in [-0.2, -0.15) is 11.8 Å². The Labute approximate surface area is 92.7 Å². The van der Waals surface area contributed by atoms with E-state index in [1.807, 2.05) is 11.8 Å². The van der Waals surface area contributed by atoms with Crippen molar-refractivity contribution in [2.24, 2.45) is 5.92 Å². The molecule has 0 aromatic heterocycles. The molecule has 1 saturated heterocycles. The maximum absolute atomic E-state index is 12.8. The second-order valence-corrected chi connectivity index (χ2v) is 4.99. The highest BCUT2D eigenvalue weighted by atomic mass is 32.2. The molecule has 2 atom stereocenters. The molecule has 1 aliphatic rings. The third kappa shape index (κ3) is 2.26. The predicted molar refractivity (Wildman–Crippen MR) is 61.2 cm³/mol. The summed E-state index contributed by atoms with van der Waals surface area (Å²) in [5.41, 5.74) is 6.69. The van der Waals surface area contributed by atoms with Gasteiger partial charge in [-0.15, -0.1) is 0 Å². The lowest BCUT2D eigenvalue weighted by molar-refractivity contribution is 0.122. The Balaban J connectivity index is 2.20. The lowest BCUT2D eigenvalue weighted by Gasteiger charge is -2.19. The van der Waals surface area contributed by atoms with E-state index in [9.17, 15) is 9.50 Å². The fourth-order valence-electron chi connectivity index (χ4n) is 1.87. The number of halogens is 1. The molecule has 1 aromatic rings. The van der Waals surface area contributed by atoms with E-state index in [1.165, 1.54) is 12.1 Å². The van der Waals surface area contributed by atoms with Crippen molar-refractivity contribution in [3.63, 3.8) is 0 Å². The number of nitrogens with two attached hydrogens (primary N) is 1. The van der Waals surface area contributed by atoms with Crippen molar-refractivity contribution in [3.05, 3.63) is 29.6 Å². The summed E-state index contributed by atoms with van der Waals surface area (Å²) >= 11 is 1.84. The van der Waals surface area contributed by atoms with Crippen LogP contribution in [0.3, 0.4) is 0 Å². The van der Waals surface area contributed by atoms with Crippen LogP contribution in [0.2, 0.25) is 0 Å². The van der Waals surface area contributed by atoms with Crippen molar-refractivity contribution in [1.82, 2.24) is 0 Å². The number of aliphatic hydroxyl groups is 1. The summed E-state index contributed by atoms with van der Waals surface area (Å²) in [6.07, 6.45) is 0.448. The van der Waals surface area contributed by atoms with Gasteiger partial charge >= 0.3 is 0 Å². The van der Waals surface area contributed by atoms with E-state index in [0.717, 1.165) is 17.9 Å². The van der Waals surface area contributed by atoms with Gasteiger partial charge in [0.05, 0.1) is 6.10 Å². The zero-order chi connectivity index (χ0) is 10.8. The third-order valence-corrected chi connectivity index (χ3v) is 3.97. The smallest absolute Gasteiger partial charge is 0.125 e. The van der Waals surface area contributed by atoms with Crippen LogP contribution in [0.15, 0.2) is 18.2 Å². The van der Waals surface area contributed by atoms with E-state index in [0.29, 0.717) is 11.3 Å². The Kier molecular flexibility index (Phi) is 3.17. The van der Waals surface area contributed by atoms with Crippen LogP contribution in [0, 0.1) is 11.7 Å². The van der Waals surface area contributed by atoms with Gasteiger partial charge in [-0.25, -0.2) is 4.39 Å². The minimum atomic E-state index is -0.555. The number of benzene rings is 1. The minimum Gasteiger partial charge on any atom is -0.398 e. The van der Waals surface area contributed by atoms with Gasteiger partial charge in [0.2, 0.25) is 0 Å². The monoisotopic (exact) mass is 227 g/mol. The molecule has 0 aliphatic carbocycles. The molecule has 2 nitrogen and oxygen atoms in total. The Morgan fingerprint density at radius 3 is 2.93 bits per heavy atom. The molecule has 0 saturated carbocycles. The highest BCUT2D eigenvalue weighted by Gasteiger charge is 2.26. The van der Waals surface area contributed by atoms with Crippen molar-refractivity contribution in [1.29, 1.82) is 0 Å². The van der Waals surface area contributed by atoms with E-state index in [1.54, 1.807) is 6.07 Å². The average molecular weight is 227 g/mol. The molecule has 1 aliphatic heterocycles. The highest BCUT2D eigenvalue weighted by molar-refractivity contribution is 7.99. The summed E-state index contributed by atoms with van der Waals surface area (Å²) in [6, 6.07) is 4.19. The zero-order valence-corrected chi connectivity index (χ0v) is 9.14. The largest absolute Gasteiger partial charge is 0.398 e. The van der Waals surface area contributed by atoms with Crippen molar-refractivity contribution in [2.45, 2.75) is 12.5 Å². The Bertz CT molecular complexity index is 352. The van der Waals surface area contributed by atoms with Gasteiger partial charge in [0.1, 0.15) is 5.82 Å². The van der Waals surface area contributed by atoms with Crippen molar-refractivity contribution in [2.75, 3.05) is 17.2 Å². The summed E-state index contributed by atoms with van der Waals surface area (Å²) in [7, 11) is 0. The topological polar surface area (TPSA) is 46.2 Å². The fourth-order valence-corrected chi connectivity index (χ4v) is 3.16. The molecule has 2 unspecified atom stereocenters. The molecule has 82 valence electrons. The molecule has 1 fully saturated rings. The fraction of sp³-hybridized carbons (Fsp3) is 0.455. The van der Waals surface area contributed by atoms with E-state index in [2.05, 4.69) is 0 Å². The van der Waals surface area contributed by atoms with Crippen LogP contribution < -0.4 is 5.73 Å². The summed E-state index contributed by atoms with van der Waals surface area (Å²) in [5.74, 6) is 1.94. The highest BCUT2D eigenvalue weighted by Crippen LogP contribution is 2.36. The molecule has 1 heterocycles.